The molecule has 0 aromatic heterocycles. The van der Waals surface area contributed by atoms with Crippen molar-refractivity contribution >= 4 is 34.5 Å². The largest absolute Gasteiger partial charge is 0.480 e. The number of rotatable bonds is 13. The molecule has 3 amide bonds. The van der Waals surface area contributed by atoms with Crippen molar-refractivity contribution in [1.29, 1.82) is 0 Å². The van der Waals surface area contributed by atoms with Crippen molar-refractivity contribution in [2.45, 2.75) is 50.0 Å². The third kappa shape index (κ3) is 8.34. The summed E-state index contributed by atoms with van der Waals surface area (Å²) in [6.07, 6.45) is -1.15. The number of carbonyl (C=O) groups excluding carboxylic acids is 3. The number of nitrogens with two attached hydrogens (primary N) is 1. The first kappa shape index (κ1) is 30.2. The third-order valence-corrected chi connectivity index (χ3v) is 6.38. The van der Waals surface area contributed by atoms with Crippen LogP contribution in [0.15, 0.2) is 72.8 Å². The minimum atomic E-state index is -1.65. The van der Waals surface area contributed by atoms with Gasteiger partial charge in [-0.1, -0.05) is 72.8 Å². The predicted octanol–water partition coefficient (Wildman–Crippen LogP) is -0.136. The number of fused-ring (bicyclic) bond motifs is 1. The molecule has 5 atom stereocenters. The van der Waals surface area contributed by atoms with E-state index in [0.29, 0.717) is 0 Å². The molecular weight excluding hydrogens is 516 g/mol. The Labute approximate surface area is 231 Å². The average molecular weight is 551 g/mol. The van der Waals surface area contributed by atoms with E-state index in [1.165, 1.54) is 6.92 Å². The molecule has 11 heteroatoms. The molecule has 0 aliphatic rings. The molecule has 3 aromatic carbocycles. The van der Waals surface area contributed by atoms with E-state index >= 15 is 0 Å². The maximum Gasteiger partial charge on any atom is 0.328 e. The number of nitrogens with one attached hydrogen (secondary N) is 3. The molecule has 3 rings (SSSR count). The van der Waals surface area contributed by atoms with E-state index in [-0.39, 0.29) is 12.8 Å². The SMILES string of the molecule is C[C@H](O)[C@@H](NC(=O)[C@@H](CO)NC(=O)[C@@H](Cc1ccc2ccccc2c1)NC(=O)[C@H](N)Cc1ccccc1)C(=O)O. The number of aliphatic carboxylic acids is 1. The predicted molar refractivity (Wildman–Crippen MR) is 148 cm³/mol. The van der Waals surface area contributed by atoms with Gasteiger partial charge in [-0.25, -0.2) is 4.79 Å². The van der Waals surface area contributed by atoms with Crippen LogP contribution in [0.1, 0.15) is 18.1 Å². The molecule has 0 unspecified atom stereocenters. The van der Waals surface area contributed by atoms with Crippen molar-refractivity contribution in [3.8, 4) is 0 Å². The van der Waals surface area contributed by atoms with Crippen molar-refractivity contribution in [3.05, 3.63) is 83.9 Å². The van der Waals surface area contributed by atoms with Gasteiger partial charge in [-0.05, 0) is 35.2 Å². The molecule has 8 N–H and O–H groups in total. The van der Waals surface area contributed by atoms with Crippen molar-refractivity contribution < 1.29 is 34.5 Å². The number of carboxylic acids is 1. The maximum atomic E-state index is 13.3. The van der Waals surface area contributed by atoms with Crippen LogP contribution in [0.4, 0.5) is 0 Å². The lowest BCUT2D eigenvalue weighted by molar-refractivity contribution is -0.145. The topological polar surface area (TPSA) is 191 Å². The van der Waals surface area contributed by atoms with Gasteiger partial charge in [0.05, 0.1) is 18.8 Å². The van der Waals surface area contributed by atoms with Crippen LogP contribution in [-0.4, -0.2) is 75.9 Å². The van der Waals surface area contributed by atoms with Crippen LogP contribution in [0.25, 0.3) is 10.8 Å². The highest BCUT2D eigenvalue weighted by molar-refractivity contribution is 5.94. The smallest absolute Gasteiger partial charge is 0.328 e. The molecule has 0 saturated heterocycles. The second-order valence-corrected chi connectivity index (χ2v) is 9.55. The van der Waals surface area contributed by atoms with Crippen LogP contribution in [0, 0.1) is 0 Å². The Morgan fingerprint density at radius 1 is 0.750 bits per heavy atom. The molecule has 0 heterocycles. The summed E-state index contributed by atoms with van der Waals surface area (Å²) in [6, 6.07) is 17.0. The number of aliphatic hydroxyl groups is 2. The number of aliphatic hydroxyl groups excluding tert-OH is 2. The fourth-order valence-electron chi connectivity index (χ4n) is 4.16. The molecule has 212 valence electrons. The van der Waals surface area contributed by atoms with Gasteiger partial charge >= 0.3 is 5.97 Å². The van der Waals surface area contributed by atoms with Crippen LogP contribution in [0.5, 0.6) is 0 Å². The summed E-state index contributed by atoms with van der Waals surface area (Å²) in [5, 5.41) is 37.7. The Morgan fingerprint density at radius 3 is 1.98 bits per heavy atom. The summed E-state index contributed by atoms with van der Waals surface area (Å²) in [7, 11) is 0. The Bertz CT molecular complexity index is 1330. The molecule has 0 saturated carbocycles. The lowest BCUT2D eigenvalue weighted by Gasteiger charge is -2.25. The first-order valence-corrected chi connectivity index (χ1v) is 12.8. The highest BCUT2D eigenvalue weighted by Gasteiger charge is 2.31. The lowest BCUT2D eigenvalue weighted by Crippen LogP contribution is -2.59. The monoisotopic (exact) mass is 550 g/mol. The van der Waals surface area contributed by atoms with Gasteiger partial charge in [-0.15, -0.1) is 0 Å². The molecule has 0 aliphatic heterocycles. The van der Waals surface area contributed by atoms with E-state index in [0.717, 1.165) is 21.9 Å². The van der Waals surface area contributed by atoms with Crippen molar-refractivity contribution in [2.24, 2.45) is 5.73 Å². The van der Waals surface area contributed by atoms with Gasteiger partial charge in [0.1, 0.15) is 12.1 Å². The number of hydrogen-bond donors (Lipinski definition) is 7. The van der Waals surface area contributed by atoms with E-state index in [1.54, 1.807) is 0 Å². The minimum absolute atomic E-state index is 0.0473. The first-order chi connectivity index (χ1) is 19.1. The molecule has 0 fully saturated rings. The number of amides is 3. The van der Waals surface area contributed by atoms with E-state index in [2.05, 4.69) is 16.0 Å². The molecule has 11 nitrogen and oxygen atoms in total. The highest BCUT2D eigenvalue weighted by Crippen LogP contribution is 2.17. The standard InChI is InChI=1S/C29H34N4O7/c1-17(35)25(29(39)40)33-28(38)24(16-34)32-27(37)23(15-19-11-12-20-9-5-6-10-21(20)13-19)31-26(36)22(30)14-18-7-3-2-4-8-18/h2-13,17,22-25,34-35H,14-16,30H2,1H3,(H,31,36)(H,32,37)(H,33,38)(H,39,40)/t17-,22+,23+,24+,25+/m0/s1. The highest BCUT2D eigenvalue weighted by atomic mass is 16.4. The van der Waals surface area contributed by atoms with Gasteiger partial charge in [-0.2, -0.15) is 0 Å². The summed E-state index contributed by atoms with van der Waals surface area (Å²) in [6.45, 7) is 0.327. The van der Waals surface area contributed by atoms with Gasteiger partial charge in [0.25, 0.3) is 0 Å². The van der Waals surface area contributed by atoms with E-state index in [4.69, 9.17) is 5.73 Å². The average Bonchev–Trinajstić information content (AvgIpc) is 2.93. The fraction of sp³-hybridized carbons (Fsp3) is 0.310. The first-order valence-electron chi connectivity index (χ1n) is 12.8. The number of carbonyl (C=O) groups is 4. The zero-order valence-electron chi connectivity index (χ0n) is 22.0. The van der Waals surface area contributed by atoms with Crippen LogP contribution in [0.3, 0.4) is 0 Å². The summed E-state index contributed by atoms with van der Waals surface area (Å²) < 4.78 is 0. The van der Waals surface area contributed by atoms with Gasteiger partial charge in [-0.3, -0.25) is 14.4 Å². The van der Waals surface area contributed by atoms with Crippen LogP contribution in [-0.2, 0) is 32.0 Å². The molecule has 0 aliphatic carbocycles. The fourth-order valence-corrected chi connectivity index (χ4v) is 4.16. The normalized spacial score (nSPS) is 14.8. The summed E-state index contributed by atoms with van der Waals surface area (Å²) in [4.78, 5) is 50.3. The van der Waals surface area contributed by atoms with E-state index < -0.39 is 60.6 Å². The molecular formula is C29H34N4O7. The minimum Gasteiger partial charge on any atom is -0.480 e. The van der Waals surface area contributed by atoms with Gasteiger partial charge in [0.2, 0.25) is 17.7 Å². The zero-order chi connectivity index (χ0) is 29.2. The zero-order valence-corrected chi connectivity index (χ0v) is 22.0. The second-order valence-electron chi connectivity index (χ2n) is 9.55. The number of carboxylic acid groups (broad SMARTS) is 1. The van der Waals surface area contributed by atoms with Crippen LogP contribution >= 0.6 is 0 Å². The Morgan fingerprint density at radius 2 is 1.35 bits per heavy atom. The number of hydrogen-bond acceptors (Lipinski definition) is 7. The maximum absolute atomic E-state index is 13.3. The third-order valence-electron chi connectivity index (χ3n) is 6.38. The van der Waals surface area contributed by atoms with Crippen molar-refractivity contribution in [2.75, 3.05) is 6.61 Å². The van der Waals surface area contributed by atoms with Crippen LogP contribution < -0.4 is 21.7 Å². The van der Waals surface area contributed by atoms with E-state index in [1.807, 2.05) is 72.8 Å². The van der Waals surface area contributed by atoms with E-state index in [9.17, 15) is 34.5 Å². The summed E-state index contributed by atoms with van der Waals surface area (Å²) >= 11 is 0. The quantitative estimate of drug-likeness (QED) is 0.153. The van der Waals surface area contributed by atoms with Gasteiger partial charge in [0.15, 0.2) is 6.04 Å². The summed E-state index contributed by atoms with van der Waals surface area (Å²) in [5.41, 5.74) is 7.69. The van der Waals surface area contributed by atoms with Crippen LogP contribution in [0.2, 0.25) is 0 Å². The number of benzene rings is 3. The molecule has 40 heavy (non-hydrogen) atoms. The van der Waals surface area contributed by atoms with Gasteiger partial charge < -0.3 is 37.0 Å². The van der Waals surface area contributed by atoms with Gasteiger partial charge in [0, 0.05) is 6.42 Å². The Kier molecular flexibility index (Phi) is 10.7. The molecule has 0 radical (unpaired) electrons. The lowest BCUT2D eigenvalue weighted by atomic mass is 10.00. The Hall–Kier alpha value is -4.32. The molecule has 3 aromatic rings. The molecule has 0 bridgehead atoms. The van der Waals surface area contributed by atoms with Crippen molar-refractivity contribution in [3.63, 3.8) is 0 Å². The van der Waals surface area contributed by atoms with Crippen molar-refractivity contribution in [1.82, 2.24) is 16.0 Å². The summed E-state index contributed by atoms with van der Waals surface area (Å²) in [5.74, 6) is -3.87. The Balaban J connectivity index is 1.79. The molecule has 0 spiro atoms. The second kappa shape index (κ2) is 14.2.